The molecular weight excluding hydrogens is 538 g/mol. The van der Waals surface area contributed by atoms with Crippen LogP contribution in [-0.2, 0) is 22.7 Å². The predicted octanol–water partition coefficient (Wildman–Crippen LogP) is 7.39. The van der Waals surface area contributed by atoms with Gasteiger partial charge in [0.25, 0.3) is 5.91 Å². The van der Waals surface area contributed by atoms with Crippen LogP contribution in [0.15, 0.2) is 103 Å². The molecule has 0 spiro atoms. The number of esters is 1. The number of nitrogens with one attached hydrogen (secondary N) is 1. The summed E-state index contributed by atoms with van der Waals surface area (Å²) in [6.45, 7) is 15.3. The van der Waals surface area contributed by atoms with Crippen molar-refractivity contribution in [1.82, 2.24) is 5.32 Å². The normalized spacial score (nSPS) is 9.70. The van der Waals surface area contributed by atoms with E-state index >= 15 is 0 Å². The summed E-state index contributed by atoms with van der Waals surface area (Å²) in [4.78, 5) is 23.1. The van der Waals surface area contributed by atoms with Gasteiger partial charge in [0.05, 0.1) is 7.11 Å². The van der Waals surface area contributed by atoms with Crippen LogP contribution in [0.4, 0.5) is 0 Å². The maximum Gasteiger partial charge on any atom is 0.333 e. The third-order valence-corrected chi connectivity index (χ3v) is 5.74. The van der Waals surface area contributed by atoms with Crippen LogP contribution in [0.1, 0.15) is 60.3 Å². The van der Waals surface area contributed by atoms with E-state index in [4.69, 9.17) is 22.3 Å². The minimum absolute atomic E-state index is 0.240. The third kappa shape index (κ3) is 11.9. The summed E-state index contributed by atoms with van der Waals surface area (Å²) in [6.07, 6.45) is 14.3. The van der Waals surface area contributed by atoms with Gasteiger partial charge in [-0.1, -0.05) is 81.3 Å². The molecule has 43 heavy (non-hydrogen) atoms. The molecule has 0 fully saturated rings. The summed E-state index contributed by atoms with van der Waals surface area (Å²) >= 11 is 0. The Bertz CT molecular complexity index is 1440. The van der Waals surface area contributed by atoms with Crippen LogP contribution in [0.2, 0.25) is 0 Å². The first-order valence-corrected chi connectivity index (χ1v) is 13.6. The lowest BCUT2D eigenvalue weighted by Gasteiger charge is -2.14. The summed E-state index contributed by atoms with van der Waals surface area (Å²) in [5, 5.41) is 2.67. The van der Waals surface area contributed by atoms with E-state index in [0.717, 1.165) is 22.3 Å². The van der Waals surface area contributed by atoms with Gasteiger partial charge >= 0.3 is 5.97 Å². The SMILES string of the molecule is C#Cc1ccccc1COc1cc(OCc2ccccc2C#C)cc(C(=O)NC(=C)C=C)c1.C/C=C(\C)C(=O)OC.CC. The first-order valence-electron chi connectivity index (χ1n) is 13.6. The molecule has 222 valence electrons. The van der Waals surface area contributed by atoms with Crippen LogP contribution >= 0.6 is 0 Å². The highest BCUT2D eigenvalue weighted by atomic mass is 16.5. The van der Waals surface area contributed by atoms with Gasteiger partial charge in [-0.2, -0.15) is 0 Å². The zero-order valence-corrected chi connectivity index (χ0v) is 25.5. The number of amides is 1. The van der Waals surface area contributed by atoms with Gasteiger partial charge in [0.2, 0.25) is 0 Å². The molecule has 0 atom stereocenters. The van der Waals surface area contributed by atoms with Crippen molar-refractivity contribution in [1.29, 1.82) is 0 Å². The first kappa shape index (κ1) is 35.6. The van der Waals surface area contributed by atoms with Crippen LogP contribution in [0.25, 0.3) is 0 Å². The number of ether oxygens (including phenoxy) is 3. The zero-order chi connectivity index (χ0) is 32.2. The minimum atomic E-state index is -0.358. The highest BCUT2D eigenvalue weighted by Crippen LogP contribution is 2.26. The van der Waals surface area contributed by atoms with Crippen molar-refractivity contribution >= 4 is 11.9 Å². The molecule has 0 aliphatic carbocycles. The van der Waals surface area contributed by atoms with Gasteiger partial charge in [0, 0.05) is 45.2 Å². The molecule has 0 unspecified atom stereocenters. The summed E-state index contributed by atoms with van der Waals surface area (Å²) < 4.78 is 16.3. The van der Waals surface area contributed by atoms with Gasteiger partial charge in [-0.25, -0.2) is 4.79 Å². The molecule has 0 bridgehead atoms. The van der Waals surface area contributed by atoms with Crippen LogP contribution in [0.5, 0.6) is 11.5 Å². The maximum absolute atomic E-state index is 12.7. The fraction of sp³-hybridized carbons (Fsp3) is 0.189. The summed E-state index contributed by atoms with van der Waals surface area (Å²) in [7, 11) is 1.37. The molecule has 0 aliphatic rings. The fourth-order valence-corrected chi connectivity index (χ4v) is 3.31. The number of methoxy groups -OCH3 is 1. The van der Waals surface area contributed by atoms with E-state index in [2.05, 4.69) is 35.1 Å². The average Bonchev–Trinajstić information content (AvgIpc) is 3.06. The molecule has 0 saturated carbocycles. The van der Waals surface area contributed by atoms with Crippen molar-refractivity contribution < 1.29 is 23.8 Å². The van der Waals surface area contributed by atoms with Crippen molar-refractivity contribution in [2.75, 3.05) is 7.11 Å². The number of hydrogen-bond donors (Lipinski definition) is 1. The Morgan fingerprint density at radius 3 is 1.72 bits per heavy atom. The molecular formula is C37H39NO5. The second-order valence-electron chi connectivity index (χ2n) is 8.52. The number of carbonyl (C=O) groups is 2. The van der Waals surface area contributed by atoms with Crippen LogP contribution in [0.3, 0.4) is 0 Å². The number of carbonyl (C=O) groups excluding carboxylic acids is 2. The highest BCUT2D eigenvalue weighted by Gasteiger charge is 2.12. The van der Waals surface area contributed by atoms with Gasteiger partial charge in [-0.3, -0.25) is 4.79 Å². The first-order chi connectivity index (χ1) is 20.8. The number of benzene rings is 3. The summed E-state index contributed by atoms with van der Waals surface area (Å²) in [5.74, 6) is 5.59. The molecule has 1 amide bonds. The van der Waals surface area contributed by atoms with Crippen LogP contribution in [-0.4, -0.2) is 19.0 Å². The molecule has 1 N–H and O–H groups in total. The van der Waals surface area contributed by atoms with Crippen molar-refractivity contribution in [2.24, 2.45) is 0 Å². The van der Waals surface area contributed by atoms with Gasteiger partial charge in [0.15, 0.2) is 0 Å². The van der Waals surface area contributed by atoms with E-state index in [9.17, 15) is 9.59 Å². The lowest BCUT2D eigenvalue weighted by molar-refractivity contribution is -0.136. The predicted molar refractivity (Wildman–Crippen MR) is 173 cm³/mol. The van der Waals surface area contributed by atoms with Gasteiger partial charge in [-0.05, 0) is 44.2 Å². The summed E-state index contributed by atoms with van der Waals surface area (Å²) in [5.41, 5.74) is 4.60. The Morgan fingerprint density at radius 2 is 1.35 bits per heavy atom. The number of allylic oxidation sites excluding steroid dienone is 2. The van der Waals surface area contributed by atoms with E-state index in [1.165, 1.54) is 13.2 Å². The Morgan fingerprint density at radius 1 is 0.884 bits per heavy atom. The molecule has 0 aliphatic heterocycles. The Hall–Kier alpha value is -5.46. The largest absolute Gasteiger partial charge is 0.489 e. The van der Waals surface area contributed by atoms with Gasteiger partial charge in [-0.15, -0.1) is 12.8 Å². The van der Waals surface area contributed by atoms with E-state index < -0.39 is 0 Å². The molecule has 0 heterocycles. The van der Waals surface area contributed by atoms with Gasteiger partial charge in [0.1, 0.15) is 24.7 Å². The van der Waals surface area contributed by atoms with Crippen molar-refractivity contribution in [3.8, 4) is 36.2 Å². The van der Waals surface area contributed by atoms with Crippen LogP contribution in [0, 0.1) is 24.7 Å². The van der Waals surface area contributed by atoms with Crippen molar-refractivity contribution in [3.05, 3.63) is 131 Å². The number of hydrogen-bond acceptors (Lipinski definition) is 5. The molecule has 3 aromatic carbocycles. The molecule has 3 rings (SSSR count). The van der Waals surface area contributed by atoms with Crippen molar-refractivity contribution in [3.63, 3.8) is 0 Å². The molecule has 3 aromatic rings. The quantitative estimate of drug-likeness (QED) is 0.118. The second-order valence-corrected chi connectivity index (χ2v) is 8.52. The fourth-order valence-electron chi connectivity index (χ4n) is 3.31. The van der Waals surface area contributed by atoms with E-state index in [1.807, 2.05) is 62.4 Å². The summed E-state index contributed by atoms with van der Waals surface area (Å²) in [6, 6.07) is 20.0. The smallest absolute Gasteiger partial charge is 0.333 e. The Labute approximate surface area is 256 Å². The number of rotatable bonds is 10. The molecule has 6 nitrogen and oxygen atoms in total. The minimum Gasteiger partial charge on any atom is -0.489 e. The van der Waals surface area contributed by atoms with Crippen molar-refractivity contribution in [2.45, 2.75) is 40.9 Å². The van der Waals surface area contributed by atoms with E-state index in [1.54, 1.807) is 38.1 Å². The zero-order valence-electron chi connectivity index (χ0n) is 25.5. The number of terminal acetylenes is 2. The molecule has 0 aromatic heterocycles. The standard InChI is InChI=1S/C29H23NO3.C6H10O2.C2H6/c1-5-21(4)30-29(31)26-16-27(32-19-24-14-10-8-12-22(24)6-2)18-28(17-26)33-20-25-15-11-9-13-23(25)7-3;1-4-5(2)6(7)8-3;1-2/h2-3,5,8-18H,1,4,19-20H2,(H,30,31);4H,1-3H3;1-2H3/b;5-4+;. The Kier molecular flexibility index (Phi) is 16.2. The van der Waals surface area contributed by atoms with Crippen LogP contribution < -0.4 is 14.8 Å². The third-order valence-electron chi connectivity index (χ3n) is 5.74. The average molecular weight is 578 g/mol. The molecule has 0 radical (unpaired) electrons. The Balaban J connectivity index is 0.000000801. The molecule has 6 heteroatoms. The second kappa shape index (κ2) is 19.6. The highest BCUT2D eigenvalue weighted by molar-refractivity contribution is 5.96. The topological polar surface area (TPSA) is 73.9 Å². The molecule has 0 saturated heterocycles. The lowest BCUT2D eigenvalue weighted by atomic mass is 10.1. The van der Waals surface area contributed by atoms with Gasteiger partial charge < -0.3 is 19.5 Å². The van der Waals surface area contributed by atoms with E-state index in [0.29, 0.717) is 28.3 Å². The lowest BCUT2D eigenvalue weighted by Crippen LogP contribution is -2.21. The maximum atomic E-state index is 12.7. The van der Waals surface area contributed by atoms with E-state index in [-0.39, 0.29) is 25.1 Å². The monoisotopic (exact) mass is 577 g/mol.